The number of hydrogen-bond acceptors (Lipinski definition) is 8. The largest absolute Gasteiger partial charge is 0.486 e. The first-order chi connectivity index (χ1) is 15.4. The summed E-state index contributed by atoms with van der Waals surface area (Å²) in [7, 11) is -4.03. The molecular weight excluding hydrogens is 452 g/mol. The minimum Gasteiger partial charge on any atom is -0.486 e. The van der Waals surface area contributed by atoms with Crippen LogP contribution in [-0.4, -0.2) is 43.8 Å². The molecule has 3 aromatic rings. The van der Waals surface area contributed by atoms with Gasteiger partial charge in [-0.1, -0.05) is 48.6 Å². The third-order valence-corrected chi connectivity index (χ3v) is 7.17. The molecule has 2 heterocycles. The summed E-state index contributed by atoms with van der Waals surface area (Å²) >= 11 is 1.25. The average molecular weight is 475 g/mol. The van der Waals surface area contributed by atoms with Gasteiger partial charge in [0.15, 0.2) is 11.5 Å². The second-order valence-electron chi connectivity index (χ2n) is 7.01. The van der Waals surface area contributed by atoms with E-state index in [1.807, 2.05) is 37.3 Å². The fourth-order valence-corrected chi connectivity index (χ4v) is 5.02. The van der Waals surface area contributed by atoms with Crippen molar-refractivity contribution in [3.05, 3.63) is 59.1 Å². The Morgan fingerprint density at radius 1 is 1.09 bits per heavy atom. The van der Waals surface area contributed by atoms with Gasteiger partial charge in [0, 0.05) is 6.07 Å². The first-order valence-electron chi connectivity index (χ1n) is 10.0. The van der Waals surface area contributed by atoms with Crippen LogP contribution in [0.4, 0.5) is 5.13 Å². The van der Waals surface area contributed by atoms with Gasteiger partial charge in [0.2, 0.25) is 21.1 Å². The van der Waals surface area contributed by atoms with Gasteiger partial charge in [-0.05, 0) is 30.5 Å². The molecule has 1 amide bonds. The molecule has 0 bridgehead atoms. The smallest absolute Gasteiger partial charge is 0.244 e. The number of carbonyl (C=O) groups excluding carboxylic acids is 1. The first kappa shape index (κ1) is 22.2. The Balaban J connectivity index is 1.58. The number of nitrogens with one attached hydrogen (secondary N) is 2. The van der Waals surface area contributed by atoms with Crippen molar-refractivity contribution < 1.29 is 22.7 Å². The molecule has 1 aliphatic heterocycles. The maximum Gasteiger partial charge on any atom is 0.244 e. The van der Waals surface area contributed by atoms with Gasteiger partial charge in [0.05, 0.1) is 4.90 Å². The molecule has 2 N–H and O–H groups in total. The molecule has 0 saturated carbocycles. The van der Waals surface area contributed by atoms with Crippen molar-refractivity contribution in [2.75, 3.05) is 18.5 Å². The van der Waals surface area contributed by atoms with Crippen LogP contribution >= 0.6 is 11.3 Å². The molecular formula is C21H22N4O5S2. The van der Waals surface area contributed by atoms with Crippen LogP contribution in [-0.2, 0) is 27.7 Å². The van der Waals surface area contributed by atoms with Crippen LogP contribution < -0.4 is 19.5 Å². The van der Waals surface area contributed by atoms with Gasteiger partial charge in [-0.3, -0.25) is 10.1 Å². The molecule has 4 rings (SSSR count). The van der Waals surface area contributed by atoms with Gasteiger partial charge < -0.3 is 9.47 Å². The number of hydrogen-bond donors (Lipinski definition) is 2. The third kappa shape index (κ3) is 5.23. The van der Waals surface area contributed by atoms with E-state index in [1.54, 1.807) is 6.07 Å². The average Bonchev–Trinajstić information content (AvgIpc) is 3.26. The lowest BCUT2D eigenvalue weighted by Crippen LogP contribution is -2.45. The maximum atomic E-state index is 13.1. The van der Waals surface area contributed by atoms with Gasteiger partial charge in [0.25, 0.3) is 0 Å². The summed E-state index contributed by atoms with van der Waals surface area (Å²) in [5, 5.41) is 11.7. The number of anilines is 1. The number of nitrogens with zero attached hydrogens (tertiary/aromatic N) is 2. The lowest BCUT2D eigenvalue weighted by atomic mass is 10.1. The van der Waals surface area contributed by atoms with Crippen LogP contribution in [0.15, 0.2) is 53.4 Å². The second-order valence-corrected chi connectivity index (χ2v) is 9.79. The van der Waals surface area contributed by atoms with E-state index in [-0.39, 0.29) is 11.3 Å². The topological polar surface area (TPSA) is 120 Å². The van der Waals surface area contributed by atoms with Crippen molar-refractivity contribution in [1.82, 2.24) is 14.9 Å². The Kier molecular flexibility index (Phi) is 6.68. The zero-order valence-electron chi connectivity index (χ0n) is 17.3. The molecule has 32 heavy (non-hydrogen) atoms. The van der Waals surface area contributed by atoms with Crippen molar-refractivity contribution >= 4 is 32.4 Å². The van der Waals surface area contributed by atoms with Crippen molar-refractivity contribution in [2.24, 2.45) is 0 Å². The molecule has 0 fully saturated rings. The van der Waals surface area contributed by atoms with E-state index < -0.39 is 22.0 Å². The summed E-state index contributed by atoms with van der Waals surface area (Å²) in [6, 6.07) is 12.5. The van der Waals surface area contributed by atoms with Gasteiger partial charge in [0.1, 0.15) is 24.3 Å². The van der Waals surface area contributed by atoms with Crippen LogP contribution in [0.2, 0.25) is 0 Å². The number of aromatic nitrogens is 2. The first-order valence-corrected chi connectivity index (χ1v) is 12.3. The standard InChI is InChI=1S/C21H22N4O5S2/c1-2-19-23-24-21(31-19)22-20(26)16(12-14-6-4-3-5-7-14)25-32(27,28)15-8-9-17-18(13-15)30-11-10-29-17/h3-9,13,16,25H,2,10-12H2,1H3,(H,22,24,26). The van der Waals surface area contributed by atoms with E-state index >= 15 is 0 Å². The Labute approximate surface area is 189 Å². The normalized spacial score (nSPS) is 14.0. The lowest BCUT2D eigenvalue weighted by Gasteiger charge is -2.20. The van der Waals surface area contributed by atoms with Crippen LogP contribution in [0.3, 0.4) is 0 Å². The quantitative estimate of drug-likeness (QED) is 0.514. The van der Waals surface area contributed by atoms with E-state index in [0.29, 0.717) is 36.3 Å². The summed E-state index contributed by atoms with van der Waals surface area (Å²) in [6.07, 6.45) is 0.855. The van der Waals surface area contributed by atoms with Gasteiger partial charge >= 0.3 is 0 Å². The fraction of sp³-hybridized carbons (Fsp3) is 0.286. The van der Waals surface area contributed by atoms with Crippen LogP contribution in [0.25, 0.3) is 0 Å². The molecule has 0 spiro atoms. The Morgan fingerprint density at radius 3 is 2.56 bits per heavy atom. The van der Waals surface area contributed by atoms with Gasteiger partial charge in [-0.2, -0.15) is 4.72 Å². The molecule has 9 nitrogen and oxygen atoms in total. The maximum absolute atomic E-state index is 13.1. The summed E-state index contributed by atoms with van der Waals surface area (Å²) in [5.41, 5.74) is 0.809. The van der Waals surface area contributed by atoms with Crippen molar-refractivity contribution in [3.63, 3.8) is 0 Å². The highest BCUT2D eigenvalue weighted by Crippen LogP contribution is 2.32. The van der Waals surface area contributed by atoms with Crippen molar-refractivity contribution in [1.29, 1.82) is 0 Å². The van der Waals surface area contributed by atoms with Crippen molar-refractivity contribution in [3.8, 4) is 11.5 Å². The summed E-state index contributed by atoms with van der Waals surface area (Å²) in [4.78, 5) is 13.0. The predicted octanol–water partition coefficient (Wildman–Crippen LogP) is 2.40. The van der Waals surface area contributed by atoms with Crippen LogP contribution in [0, 0.1) is 0 Å². The molecule has 11 heteroatoms. The van der Waals surface area contributed by atoms with E-state index in [9.17, 15) is 13.2 Å². The number of fused-ring (bicyclic) bond motifs is 1. The van der Waals surface area contributed by atoms with Gasteiger partial charge in [-0.25, -0.2) is 8.42 Å². The Bertz CT molecular complexity index is 1200. The number of ether oxygens (including phenoxy) is 2. The monoisotopic (exact) mass is 474 g/mol. The molecule has 1 aliphatic rings. The molecule has 0 saturated heterocycles. The SMILES string of the molecule is CCc1nnc(NC(=O)C(Cc2ccccc2)NS(=O)(=O)c2ccc3c(c2)OCCO3)s1. The molecule has 1 unspecified atom stereocenters. The number of carbonyl (C=O) groups is 1. The highest BCUT2D eigenvalue weighted by atomic mass is 32.2. The van der Waals surface area contributed by atoms with Crippen molar-refractivity contribution in [2.45, 2.75) is 30.7 Å². The minimum absolute atomic E-state index is 0.0169. The fourth-order valence-electron chi connectivity index (χ4n) is 3.12. The number of benzene rings is 2. The molecule has 0 aliphatic carbocycles. The Morgan fingerprint density at radius 2 is 1.84 bits per heavy atom. The molecule has 1 atom stereocenters. The predicted molar refractivity (Wildman–Crippen MR) is 120 cm³/mol. The summed E-state index contributed by atoms with van der Waals surface area (Å²) in [6.45, 7) is 2.68. The van der Waals surface area contributed by atoms with Crippen LogP contribution in [0.5, 0.6) is 11.5 Å². The lowest BCUT2D eigenvalue weighted by molar-refractivity contribution is -0.117. The molecule has 168 valence electrons. The summed E-state index contributed by atoms with van der Waals surface area (Å²) < 4.78 is 39.7. The number of rotatable bonds is 8. The van der Waals surface area contributed by atoms with E-state index in [2.05, 4.69) is 20.2 Å². The van der Waals surface area contributed by atoms with E-state index in [1.165, 1.54) is 23.5 Å². The number of sulfonamides is 1. The third-order valence-electron chi connectivity index (χ3n) is 4.72. The number of amides is 1. The second kappa shape index (κ2) is 9.63. The molecule has 2 aromatic carbocycles. The molecule has 1 aromatic heterocycles. The molecule has 0 radical (unpaired) electrons. The number of aryl methyl sites for hydroxylation is 1. The van der Waals surface area contributed by atoms with E-state index in [0.717, 1.165) is 10.6 Å². The van der Waals surface area contributed by atoms with Gasteiger partial charge in [-0.15, -0.1) is 10.2 Å². The highest BCUT2D eigenvalue weighted by molar-refractivity contribution is 7.89. The Hall–Kier alpha value is -3.02. The zero-order valence-corrected chi connectivity index (χ0v) is 18.9. The zero-order chi connectivity index (χ0) is 22.6. The van der Waals surface area contributed by atoms with Crippen LogP contribution in [0.1, 0.15) is 17.5 Å². The summed E-state index contributed by atoms with van der Waals surface area (Å²) in [5.74, 6) is 0.315. The van der Waals surface area contributed by atoms with E-state index in [4.69, 9.17) is 9.47 Å². The highest BCUT2D eigenvalue weighted by Gasteiger charge is 2.28. The minimum atomic E-state index is -4.03.